The highest BCUT2D eigenvalue weighted by molar-refractivity contribution is 6.11. The molecule has 1 aromatic heterocycles. The van der Waals surface area contributed by atoms with E-state index >= 15 is 0 Å². The van der Waals surface area contributed by atoms with E-state index < -0.39 is 29.2 Å². The van der Waals surface area contributed by atoms with Gasteiger partial charge in [-0.1, -0.05) is 36.4 Å². The number of para-hydroxylation sites is 1. The number of amides is 1. The standard InChI is InChI=1S/C23H15F4N3O/c24-17-6-1-2-7-19(17)30-21(23(25,26)27)16(12-28-30)22(31)29-18-11-10-14-9-8-13-4-3-5-15(18)20(13)14/h1-7,10-12H,8-9H2,(H,29,31). The van der Waals surface area contributed by atoms with Gasteiger partial charge in [0.15, 0.2) is 5.69 Å². The van der Waals surface area contributed by atoms with Crippen molar-refractivity contribution in [1.82, 2.24) is 9.78 Å². The molecule has 8 heteroatoms. The van der Waals surface area contributed by atoms with Gasteiger partial charge in [0.2, 0.25) is 0 Å². The number of hydrogen-bond donors (Lipinski definition) is 1. The zero-order chi connectivity index (χ0) is 21.8. The van der Waals surface area contributed by atoms with E-state index in [1.807, 2.05) is 24.3 Å². The Morgan fingerprint density at radius 2 is 1.71 bits per heavy atom. The van der Waals surface area contributed by atoms with E-state index in [9.17, 15) is 22.4 Å². The maximum absolute atomic E-state index is 14.1. The van der Waals surface area contributed by atoms with Crippen LogP contribution in [0.2, 0.25) is 0 Å². The van der Waals surface area contributed by atoms with Crippen molar-refractivity contribution in [2.75, 3.05) is 5.32 Å². The minimum atomic E-state index is -4.92. The zero-order valence-electron chi connectivity index (χ0n) is 16.0. The zero-order valence-corrected chi connectivity index (χ0v) is 16.0. The molecule has 4 nitrogen and oxygen atoms in total. The van der Waals surface area contributed by atoms with E-state index in [0.29, 0.717) is 10.4 Å². The Bertz CT molecular complexity index is 1330. The minimum absolute atomic E-state index is 0.390. The molecule has 3 aromatic carbocycles. The van der Waals surface area contributed by atoms with Crippen LogP contribution in [0.25, 0.3) is 16.5 Å². The highest BCUT2D eigenvalue weighted by Crippen LogP contribution is 2.37. The third-order valence-corrected chi connectivity index (χ3v) is 5.49. The van der Waals surface area contributed by atoms with Crippen molar-refractivity contribution in [1.29, 1.82) is 0 Å². The summed E-state index contributed by atoms with van der Waals surface area (Å²) in [6.45, 7) is 0. The fraction of sp³-hybridized carbons (Fsp3) is 0.130. The number of hydrogen-bond acceptors (Lipinski definition) is 2. The molecule has 1 aliphatic carbocycles. The number of nitrogens with zero attached hydrogens (tertiary/aromatic N) is 2. The second-order valence-electron chi connectivity index (χ2n) is 7.33. The Morgan fingerprint density at radius 3 is 2.45 bits per heavy atom. The predicted octanol–water partition coefficient (Wildman–Crippen LogP) is 5.53. The lowest BCUT2D eigenvalue weighted by molar-refractivity contribution is -0.143. The topological polar surface area (TPSA) is 46.9 Å². The van der Waals surface area contributed by atoms with Gasteiger partial charge in [0, 0.05) is 11.1 Å². The Morgan fingerprint density at radius 1 is 0.968 bits per heavy atom. The third-order valence-electron chi connectivity index (χ3n) is 5.49. The lowest BCUT2D eigenvalue weighted by Crippen LogP contribution is -2.21. The molecule has 4 aromatic rings. The van der Waals surface area contributed by atoms with Gasteiger partial charge in [-0.3, -0.25) is 4.79 Å². The molecule has 0 bridgehead atoms. The molecule has 1 aliphatic rings. The third kappa shape index (κ3) is 3.15. The summed E-state index contributed by atoms with van der Waals surface area (Å²) in [4.78, 5) is 12.9. The van der Waals surface area contributed by atoms with Gasteiger partial charge < -0.3 is 5.32 Å². The number of rotatable bonds is 3. The largest absolute Gasteiger partial charge is 0.434 e. The van der Waals surface area contributed by atoms with Gasteiger partial charge >= 0.3 is 6.18 Å². The van der Waals surface area contributed by atoms with Crippen molar-refractivity contribution in [3.05, 3.63) is 89.0 Å². The van der Waals surface area contributed by atoms with Crippen molar-refractivity contribution >= 4 is 22.4 Å². The second-order valence-corrected chi connectivity index (χ2v) is 7.33. The smallest absolute Gasteiger partial charge is 0.321 e. The molecule has 31 heavy (non-hydrogen) atoms. The first kappa shape index (κ1) is 19.3. The van der Waals surface area contributed by atoms with Crippen LogP contribution in [-0.4, -0.2) is 15.7 Å². The van der Waals surface area contributed by atoms with E-state index in [0.717, 1.165) is 47.0 Å². The number of carbonyl (C=O) groups is 1. The molecule has 0 unspecified atom stereocenters. The van der Waals surface area contributed by atoms with Crippen LogP contribution in [0.3, 0.4) is 0 Å². The Kier molecular flexibility index (Phi) is 4.32. The molecular formula is C23H15F4N3O. The van der Waals surface area contributed by atoms with Gasteiger partial charge in [-0.05, 0) is 47.6 Å². The van der Waals surface area contributed by atoms with Gasteiger partial charge in [-0.25, -0.2) is 9.07 Å². The summed E-state index contributed by atoms with van der Waals surface area (Å²) in [5.74, 6) is -1.84. The van der Waals surface area contributed by atoms with E-state index in [1.165, 1.54) is 18.2 Å². The molecule has 0 aliphatic heterocycles. The van der Waals surface area contributed by atoms with E-state index in [2.05, 4.69) is 10.4 Å². The first-order valence-electron chi connectivity index (χ1n) is 9.59. The monoisotopic (exact) mass is 425 g/mol. The molecule has 0 fully saturated rings. The van der Waals surface area contributed by atoms with Crippen molar-refractivity contribution in [3.63, 3.8) is 0 Å². The quantitative estimate of drug-likeness (QED) is 0.439. The predicted molar refractivity (Wildman–Crippen MR) is 108 cm³/mol. The molecule has 0 radical (unpaired) electrons. The Labute approximate surface area is 174 Å². The molecule has 0 saturated heterocycles. The van der Waals surface area contributed by atoms with Crippen LogP contribution in [-0.2, 0) is 19.0 Å². The minimum Gasteiger partial charge on any atom is -0.321 e. The summed E-state index contributed by atoms with van der Waals surface area (Å²) >= 11 is 0. The van der Waals surface area contributed by atoms with Crippen molar-refractivity contribution in [2.45, 2.75) is 19.0 Å². The summed E-state index contributed by atoms with van der Waals surface area (Å²) in [6.07, 6.45) is -2.34. The molecule has 1 heterocycles. The Hall–Kier alpha value is -3.68. The number of nitrogens with one attached hydrogen (secondary N) is 1. The number of anilines is 1. The maximum atomic E-state index is 14.1. The average molecular weight is 425 g/mol. The Balaban J connectivity index is 1.59. The number of benzene rings is 3. The first-order valence-corrected chi connectivity index (χ1v) is 9.59. The van der Waals surface area contributed by atoms with Crippen LogP contribution >= 0.6 is 0 Å². The molecular weight excluding hydrogens is 410 g/mol. The van der Waals surface area contributed by atoms with Crippen LogP contribution in [0.15, 0.2) is 60.8 Å². The van der Waals surface area contributed by atoms with Gasteiger partial charge in [0.25, 0.3) is 5.91 Å². The van der Waals surface area contributed by atoms with Crippen molar-refractivity contribution in [2.24, 2.45) is 0 Å². The summed E-state index contributed by atoms with van der Waals surface area (Å²) in [6, 6.07) is 14.2. The SMILES string of the molecule is O=C(Nc1ccc2c3c(cccc13)CC2)c1cnn(-c2ccccc2F)c1C(F)(F)F. The molecule has 1 N–H and O–H groups in total. The van der Waals surface area contributed by atoms with E-state index in [-0.39, 0.29) is 5.69 Å². The number of aromatic nitrogens is 2. The van der Waals surface area contributed by atoms with Crippen molar-refractivity contribution < 1.29 is 22.4 Å². The normalized spacial score (nSPS) is 13.0. The van der Waals surface area contributed by atoms with Gasteiger partial charge in [-0.15, -0.1) is 0 Å². The number of halogens is 4. The summed E-state index contributed by atoms with van der Waals surface area (Å²) < 4.78 is 56.1. The molecule has 5 rings (SSSR count). The highest BCUT2D eigenvalue weighted by Gasteiger charge is 2.41. The van der Waals surface area contributed by atoms with Gasteiger partial charge in [-0.2, -0.15) is 18.3 Å². The fourth-order valence-electron chi connectivity index (χ4n) is 4.14. The lowest BCUT2D eigenvalue weighted by atomic mass is 10.0. The number of alkyl halides is 3. The number of aryl methyl sites for hydroxylation is 2. The summed E-state index contributed by atoms with van der Waals surface area (Å²) in [7, 11) is 0. The van der Waals surface area contributed by atoms with Crippen LogP contribution in [0.1, 0.15) is 27.2 Å². The molecule has 156 valence electrons. The molecule has 0 saturated carbocycles. The fourth-order valence-corrected chi connectivity index (χ4v) is 4.14. The van der Waals surface area contributed by atoms with Crippen LogP contribution in [0, 0.1) is 5.82 Å². The van der Waals surface area contributed by atoms with Gasteiger partial charge in [0.1, 0.15) is 11.5 Å². The van der Waals surface area contributed by atoms with Gasteiger partial charge in [0.05, 0.1) is 11.8 Å². The molecule has 1 amide bonds. The highest BCUT2D eigenvalue weighted by atomic mass is 19.4. The summed E-state index contributed by atoms with van der Waals surface area (Å²) in [5.41, 5.74) is 0.303. The van der Waals surface area contributed by atoms with Crippen LogP contribution in [0.5, 0.6) is 0 Å². The van der Waals surface area contributed by atoms with Crippen molar-refractivity contribution in [3.8, 4) is 5.69 Å². The molecule has 0 spiro atoms. The van der Waals surface area contributed by atoms with Crippen LogP contribution in [0.4, 0.5) is 23.2 Å². The summed E-state index contributed by atoms with van der Waals surface area (Å²) in [5, 5.41) is 8.06. The lowest BCUT2D eigenvalue weighted by Gasteiger charge is -2.14. The maximum Gasteiger partial charge on any atom is 0.434 e. The van der Waals surface area contributed by atoms with Crippen LogP contribution < -0.4 is 5.32 Å². The second kappa shape index (κ2) is 6.94. The molecule has 0 atom stereocenters. The average Bonchev–Trinajstić information content (AvgIpc) is 3.36. The number of carbonyl (C=O) groups excluding carboxylic acids is 1. The first-order chi connectivity index (χ1) is 14.8. The van der Waals surface area contributed by atoms with E-state index in [4.69, 9.17) is 0 Å². The van der Waals surface area contributed by atoms with E-state index in [1.54, 1.807) is 6.07 Å².